The van der Waals surface area contributed by atoms with Gasteiger partial charge in [-0.1, -0.05) is 21.9 Å². The fraction of sp³-hybridized carbons (Fsp3) is 0.176. The minimum absolute atomic E-state index is 0.00651. The average Bonchev–Trinajstić information content (AvgIpc) is 3.23. The molecule has 0 saturated heterocycles. The second kappa shape index (κ2) is 7.83. The maximum Gasteiger partial charge on any atom is 0.245 e. The Morgan fingerprint density at radius 3 is 2.54 bits per heavy atom. The molecule has 0 atom stereocenters. The second-order valence-corrected chi connectivity index (χ2v) is 5.95. The van der Waals surface area contributed by atoms with Gasteiger partial charge in [-0.2, -0.15) is 0 Å². The Morgan fingerprint density at radius 1 is 1.08 bits per heavy atom. The quantitative estimate of drug-likeness (QED) is 0.686. The molecule has 1 aromatic carbocycles. The Balaban J connectivity index is 1.49. The van der Waals surface area contributed by atoms with E-state index in [0.29, 0.717) is 28.1 Å². The summed E-state index contributed by atoms with van der Waals surface area (Å²) in [6.45, 7) is 1.52. The van der Waals surface area contributed by atoms with Gasteiger partial charge in [0.25, 0.3) is 0 Å². The maximum absolute atomic E-state index is 11.9. The van der Waals surface area contributed by atoms with E-state index in [2.05, 4.69) is 20.9 Å². The van der Waals surface area contributed by atoms with Gasteiger partial charge < -0.3 is 19.7 Å². The zero-order chi connectivity index (χ0) is 18.5. The van der Waals surface area contributed by atoms with Gasteiger partial charge in [0.1, 0.15) is 5.76 Å². The molecule has 8 nitrogen and oxygen atoms in total. The first-order valence-electron chi connectivity index (χ1n) is 7.71. The summed E-state index contributed by atoms with van der Waals surface area (Å²) in [5.41, 5.74) is 1.26. The molecule has 3 aromatic rings. The number of nitrogens with one attached hydrogen (secondary N) is 2. The average molecular weight is 375 g/mol. The molecule has 2 aromatic heterocycles. The lowest BCUT2D eigenvalue weighted by Gasteiger charge is -2.03. The van der Waals surface area contributed by atoms with Gasteiger partial charge in [-0.3, -0.25) is 9.59 Å². The third-order valence-electron chi connectivity index (χ3n) is 3.37. The summed E-state index contributed by atoms with van der Waals surface area (Å²) in [5.74, 6) is 0.641. The molecule has 0 aliphatic rings. The van der Waals surface area contributed by atoms with Gasteiger partial charge in [0.2, 0.25) is 11.8 Å². The first-order valence-corrected chi connectivity index (χ1v) is 8.09. The number of nitrogens with zero attached hydrogens (tertiary/aromatic N) is 2. The van der Waals surface area contributed by atoms with Crippen LogP contribution >= 0.6 is 11.6 Å². The number of halogens is 1. The minimum atomic E-state index is -0.409. The monoisotopic (exact) mass is 374 g/mol. The Bertz CT molecular complexity index is 917. The number of anilines is 1. The lowest BCUT2D eigenvalue weighted by molar-refractivity contribution is -0.123. The summed E-state index contributed by atoms with van der Waals surface area (Å²) in [7, 11) is 0. The molecule has 2 heterocycles. The van der Waals surface area contributed by atoms with Crippen molar-refractivity contribution in [1.82, 2.24) is 15.6 Å². The minimum Gasteiger partial charge on any atom is -0.360 e. The van der Waals surface area contributed by atoms with E-state index in [9.17, 15) is 9.59 Å². The molecule has 26 heavy (non-hydrogen) atoms. The van der Waals surface area contributed by atoms with Gasteiger partial charge in [0, 0.05) is 22.7 Å². The second-order valence-electron chi connectivity index (χ2n) is 5.51. The molecule has 2 N–H and O–H groups in total. The van der Waals surface area contributed by atoms with Gasteiger partial charge in [0.05, 0.1) is 18.7 Å². The van der Waals surface area contributed by atoms with E-state index in [1.54, 1.807) is 43.3 Å². The number of carbonyl (C=O) groups excluding carboxylic acids is 2. The Kier molecular flexibility index (Phi) is 5.33. The number of hydrogen-bond acceptors (Lipinski definition) is 6. The molecule has 0 unspecified atom stereocenters. The molecule has 2 amide bonds. The van der Waals surface area contributed by atoms with Crippen LogP contribution in [0.5, 0.6) is 0 Å². The smallest absolute Gasteiger partial charge is 0.245 e. The highest BCUT2D eigenvalue weighted by atomic mass is 35.5. The Hall–Kier alpha value is -3.13. The number of amides is 2. The van der Waals surface area contributed by atoms with E-state index < -0.39 is 5.91 Å². The van der Waals surface area contributed by atoms with E-state index in [1.807, 2.05) is 0 Å². The van der Waals surface area contributed by atoms with Crippen LogP contribution in [0.1, 0.15) is 11.5 Å². The highest BCUT2D eigenvalue weighted by Crippen LogP contribution is 2.22. The predicted molar refractivity (Wildman–Crippen MR) is 93.5 cm³/mol. The van der Waals surface area contributed by atoms with E-state index in [0.717, 1.165) is 5.56 Å². The highest BCUT2D eigenvalue weighted by molar-refractivity contribution is 6.30. The van der Waals surface area contributed by atoms with Crippen LogP contribution in [0.25, 0.3) is 11.3 Å². The van der Waals surface area contributed by atoms with Crippen molar-refractivity contribution >= 4 is 29.2 Å². The molecule has 9 heteroatoms. The molecule has 0 bridgehead atoms. The van der Waals surface area contributed by atoms with E-state index in [1.165, 1.54) is 0 Å². The number of carbonyl (C=O) groups is 2. The fourth-order valence-corrected chi connectivity index (χ4v) is 2.29. The first kappa shape index (κ1) is 17.7. The topological polar surface area (TPSA) is 110 Å². The summed E-state index contributed by atoms with van der Waals surface area (Å²) in [4.78, 5) is 23.7. The van der Waals surface area contributed by atoms with Crippen LogP contribution in [0.15, 0.2) is 45.4 Å². The van der Waals surface area contributed by atoms with E-state index >= 15 is 0 Å². The van der Waals surface area contributed by atoms with Crippen LogP contribution in [-0.2, 0) is 16.0 Å². The van der Waals surface area contributed by atoms with Crippen molar-refractivity contribution < 1.29 is 18.6 Å². The number of aryl methyl sites for hydroxylation is 1. The van der Waals surface area contributed by atoms with Crippen molar-refractivity contribution in [2.45, 2.75) is 13.3 Å². The van der Waals surface area contributed by atoms with Crippen LogP contribution in [0, 0.1) is 6.92 Å². The molecule has 0 fully saturated rings. The van der Waals surface area contributed by atoms with Gasteiger partial charge in [-0.05, 0) is 31.2 Å². The largest absolute Gasteiger partial charge is 0.360 e. The Morgan fingerprint density at radius 2 is 1.85 bits per heavy atom. The SMILES string of the molecule is Cc1cc(NC(=O)CNC(=O)Cc2cc(-c3ccc(Cl)cc3)on2)no1. The predicted octanol–water partition coefficient (Wildman–Crippen LogP) is 2.59. The van der Waals surface area contributed by atoms with E-state index in [4.69, 9.17) is 20.6 Å². The first-order chi connectivity index (χ1) is 12.5. The van der Waals surface area contributed by atoms with E-state index in [-0.39, 0.29) is 18.9 Å². The summed E-state index contributed by atoms with van der Waals surface area (Å²) in [6.07, 6.45) is -0.00651. The highest BCUT2D eigenvalue weighted by Gasteiger charge is 2.12. The fourth-order valence-electron chi connectivity index (χ4n) is 2.16. The van der Waals surface area contributed by atoms with Crippen LogP contribution in [0.3, 0.4) is 0 Å². The van der Waals surface area contributed by atoms with Crippen LogP contribution in [0.4, 0.5) is 5.82 Å². The lowest BCUT2D eigenvalue weighted by Crippen LogP contribution is -2.33. The van der Waals surface area contributed by atoms with Crippen molar-refractivity contribution in [3.05, 3.63) is 52.9 Å². The van der Waals surface area contributed by atoms with Crippen LogP contribution < -0.4 is 10.6 Å². The number of rotatable bonds is 6. The lowest BCUT2D eigenvalue weighted by atomic mass is 10.1. The van der Waals surface area contributed by atoms with Crippen molar-refractivity contribution in [3.8, 4) is 11.3 Å². The van der Waals surface area contributed by atoms with Crippen LogP contribution in [0.2, 0.25) is 5.02 Å². The molecule has 0 aliphatic carbocycles. The zero-order valence-corrected chi connectivity index (χ0v) is 14.5. The van der Waals surface area contributed by atoms with Crippen molar-refractivity contribution in [1.29, 1.82) is 0 Å². The number of aromatic nitrogens is 2. The molecular weight excluding hydrogens is 360 g/mol. The summed E-state index contributed by atoms with van der Waals surface area (Å²) < 4.78 is 10.1. The third kappa shape index (κ3) is 4.70. The molecule has 3 rings (SSSR count). The normalized spacial score (nSPS) is 10.5. The maximum atomic E-state index is 11.9. The summed E-state index contributed by atoms with van der Waals surface area (Å²) in [6, 6.07) is 10.3. The Labute approximate surface area is 153 Å². The zero-order valence-electron chi connectivity index (χ0n) is 13.8. The number of hydrogen-bond donors (Lipinski definition) is 2. The molecule has 0 radical (unpaired) electrons. The summed E-state index contributed by atoms with van der Waals surface area (Å²) >= 11 is 5.84. The molecule has 0 aliphatic heterocycles. The van der Waals surface area contributed by atoms with Crippen LogP contribution in [-0.4, -0.2) is 28.7 Å². The molecule has 0 saturated carbocycles. The standard InChI is InChI=1S/C17H15ClN4O4/c1-10-6-15(22-25-10)20-17(24)9-19-16(23)8-13-7-14(26-21-13)11-2-4-12(18)5-3-11/h2-7H,8-9H2,1H3,(H,19,23)(H,20,22,24). The van der Waals surface area contributed by atoms with Crippen molar-refractivity contribution in [3.63, 3.8) is 0 Å². The third-order valence-corrected chi connectivity index (χ3v) is 3.62. The van der Waals surface area contributed by atoms with Crippen molar-refractivity contribution in [2.75, 3.05) is 11.9 Å². The molecular formula is C17H15ClN4O4. The van der Waals surface area contributed by atoms with Gasteiger partial charge in [-0.15, -0.1) is 0 Å². The van der Waals surface area contributed by atoms with Gasteiger partial charge in [0.15, 0.2) is 11.6 Å². The van der Waals surface area contributed by atoms with Gasteiger partial charge >= 0.3 is 0 Å². The molecule has 0 spiro atoms. The van der Waals surface area contributed by atoms with Crippen molar-refractivity contribution in [2.24, 2.45) is 0 Å². The van der Waals surface area contributed by atoms with Gasteiger partial charge in [-0.25, -0.2) is 0 Å². The molecule has 134 valence electrons. The summed E-state index contributed by atoms with van der Waals surface area (Å²) in [5, 5.41) is 13.1. The number of benzene rings is 1.